The Kier molecular flexibility index (Phi) is 15.2. The van der Waals surface area contributed by atoms with Crippen molar-refractivity contribution in [3.8, 4) is 23.0 Å². The molecular weight excluding hydrogens is 849 g/mol. The molecule has 0 spiro atoms. The number of benzene rings is 4. The van der Waals surface area contributed by atoms with E-state index in [-0.39, 0.29) is 67.7 Å². The number of rotatable bonds is 20. The Bertz CT molecular complexity index is 2460. The summed E-state index contributed by atoms with van der Waals surface area (Å²) in [5, 5.41) is 47.4. The average Bonchev–Trinajstić information content (AvgIpc) is 3.31. The fraction of sp³-hybridized carbons (Fsp3) is 0.400. The van der Waals surface area contributed by atoms with E-state index in [4.69, 9.17) is 28.9 Å². The van der Waals surface area contributed by atoms with Gasteiger partial charge in [0.05, 0.1) is 28.1 Å². The lowest BCUT2D eigenvalue weighted by Gasteiger charge is -2.59. The van der Waals surface area contributed by atoms with E-state index >= 15 is 0 Å². The molecule has 66 heavy (non-hydrogen) atoms. The van der Waals surface area contributed by atoms with Crippen LogP contribution in [0.25, 0.3) is 0 Å². The number of unbranched alkanes of at least 4 members (excludes halogenated alkanes) is 2. The number of nitro groups is 2. The summed E-state index contributed by atoms with van der Waals surface area (Å²) in [6, 6.07) is 22.0. The molecule has 0 radical (unpaired) electrons. The van der Waals surface area contributed by atoms with E-state index in [1.807, 2.05) is 50.2 Å². The van der Waals surface area contributed by atoms with Crippen LogP contribution >= 0.6 is 0 Å². The second-order valence-corrected chi connectivity index (χ2v) is 17.0. The highest BCUT2D eigenvalue weighted by atomic mass is 16.7. The average molecular weight is 905 g/mol. The molecule has 1 aliphatic heterocycles. The number of oxime groups is 1. The van der Waals surface area contributed by atoms with E-state index in [2.05, 4.69) is 12.7 Å². The smallest absolute Gasteiger partial charge is 0.415 e. The van der Waals surface area contributed by atoms with Gasteiger partial charge in [0.15, 0.2) is 0 Å². The number of ether oxygens (including phenoxy) is 4. The standard InChI is InChI=1S/C50H56N4O12/c1-5-26-62-50-46(52(4)49(57)65-38-20-17-37(18-21-38)54(60)61)30-44(51-63-31-34-13-15-36(16-14-34)53(58)59)42-28-35(10-6-8-24-55)41(11-7-9-25-56)47(48(42)50)43-29-40(22-23-45(43)66-50)64-39-19-12-32(2)33(3)27-39/h5,12-23,27-29,35,41,46-48,55-56H,1,6-11,24-26,30-31H2,2-4H3. The molecule has 0 aromatic heterocycles. The van der Waals surface area contributed by atoms with Gasteiger partial charge in [0.1, 0.15) is 35.6 Å². The summed E-state index contributed by atoms with van der Waals surface area (Å²) in [6.45, 7) is 8.15. The molecule has 1 heterocycles. The minimum Gasteiger partial charge on any atom is -0.459 e. The summed E-state index contributed by atoms with van der Waals surface area (Å²) in [6.07, 6.45) is 7.27. The molecule has 348 valence electrons. The molecule has 3 aliphatic rings. The highest BCUT2D eigenvalue weighted by Gasteiger charge is 2.65. The maximum Gasteiger partial charge on any atom is 0.415 e. The summed E-state index contributed by atoms with van der Waals surface area (Å²) in [5.74, 6) is -0.701. The predicted octanol–water partition coefficient (Wildman–Crippen LogP) is 9.88. The number of nitro benzene ring substituents is 2. The molecule has 0 saturated heterocycles. The fourth-order valence-electron chi connectivity index (χ4n) is 9.54. The van der Waals surface area contributed by atoms with E-state index in [9.17, 15) is 35.2 Å². The first-order chi connectivity index (χ1) is 31.9. The van der Waals surface area contributed by atoms with Gasteiger partial charge in [0.25, 0.3) is 11.4 Å². The molecule has 16 heteroatoms. The van der Waals surface area contributed by atoms with E-state index in [0.717, 1.165) is 47.9 Å². The first-order valence-electron chi connectivity index (χ1n) is 22.2. The van der Waals surface area contributed by atoms with E-state index in [1.54, 1.807) is 25.3 Å². The fourth-order valence-corrected chi connectivity index (χ4v) is 9.54. The lowest BCUT2D eigenvalue weighted by atomic mass is 9.55. The van der Waals surface area contributed by atoms with Gasteiger partial charge in [-0.1, -0.05) is 36.2 Å². The number of aliphatic hydroxyl groups is 2. The van der Waals surface area contributed by atoms with Crippen LogP contribution in [0.3, 0.4) is 0 Å². The molecule has 2 N–H and O–H groups in total. The Balaban J connectivity index is 1.39. The van der Waals surface area contributed by atoms with Crippen LogP contribution in [-0.2, 0) is 16.2 Å². The minimum atomic E-state index is -1.57. The van der Waals surface area contributed by atoms with Crippen molar-refractivity contribution in [2.75, 3.05) is 26.9 Å². The molecule has 6 unspecified atom stereocenters. The Morgan fingerprint density at radius 2 is 1.52 bits per heavy atom. The van der Waals surface area contributed by atoms with Crippen molar-refractivity contribution in [1.29, 1.82) is 0 Å². The number of fused-ring (bicyclic) bond motifs is 2. The molecule has 4 aromatic carbocycles. The van der Waals surface area contributed by atoms with Crippen molar-refractivity contribution in [1.82, 2.24) is 4.90 Å². The number of hydrogen-bond acceptors (Lipinski definition) is 13. The van der Waals surface area contributed by atoms with E-state index < -0.39 is 33.7 Å². The SMILES string of the molecule is C=CCOC12Oc3ccc(Oc4ccc(C)c(C)c4)cc3C3C(CCCCO)C(CCCCO)C=C(C(=NOCc4ccc([N+](=O)[O-])cc4)CC1N(C)C(=O)Oc1ccc([N+](=O)[O-])cc1)C32. The topological polar surface area (TPSA) is 206 Å². The Morgan fingerprint density at radius 3 is 2.17 bits per heavy atom. The van der Waals surface area contributed by atoms with E-state index in [1.165, 1.54) is 41.3 Å². The van der Waals surface area contributed by atoms with Crippen LogP contribution in [0.15, 0.2) is 114 Å². The number of hydrogen-bond donors (Lipinski definition) is 2. The quantitative estimate of drug-likeness (QED) is 0.0368. The minimum absolute atomic E-state index is 0.00804. The van der Waals surface area contributed by atoms with Crippen molar-refractivity contribution in [3.05, 3.63) is 152 Å². The van der Waals surface area contributed by atoms with Gasteiger partial charge in [-0.2, -0.15) is 0 Å². The van der Waals surface area contributed by atoms with Gasteiger partial charge in [-0.3, -0.25) is 20.2 Å². The number of carbonyl (C=O) groups is 1. The lowest BCUT2D eigenvalue weighted by molar-refractivity contribution is -0.385. The Labute approximate surface area is 383 Å². The summed E-state index contributed by atoms with van der Waals surface area (Å²) >= 11 is 0. The van der Waals surface area contributed by atoms with Gasteiger partial charge >= 0.3 is 6.09 Å². The zero-order valence-electron chi connectivity index (χ0n) is 37.4. The number of aliphatic hydroxyl groups excluding tert-OH is 2. The molecule has 1 amide bonds. The highest BCUT2D eigenvalue weighted by Crippen LogP contribution is 2.62. The lowest BCUT2D eigenvalue weighted by Crippen LogP contribution is -2.69. The first kappa shape index (κ1) is 47.3. The van der Waals surface area contributed by atoms with Crippen molar-refractivity contribution >= 4 is 23.2 Å². The molecule has 2 aliphatic carbocycles. The second-order valence-electron chi connectivity index (χ2n) is 17.0. The van der Waals surface area contributed by atoms with Gasteiger partial charge < -0.3 is 38.9 Å². The van der Waals surface area contributed by atoms with Crippen molar-refractivity contribution < 1.29 is 48.6 Å². The van der Waals surface area contributed by atoms with Gasteiger partial charge in [-0.25, -0.2) is 4.79 Å². The van der Waals surface area contributed by atoms with Gasteiger partial charge in [-0.05, 0) is 128 Å². The molecule has 16 nitrogen and oxygen atoms in total. The highest BCUT2D eigenvalue weighted by molar-refractivity contribution is 6.03. The number of likely N-dealkylation sites (N-methyl/N-ethyl adjacent to an activating group) is 1. The van der Waals surface area contributed by atoms with Crippen LogP contribution in [0.5, 0.6) is 23.0 Å². The monoisotopic (exact) mass is 904 g/mol. The molecular formula is C50H56N4O12. The molecule has 1 fully saturated rings. The molecule has 0 bridgehead atoms. The zero-order valence-corrected chi connectivity index (χ0v) is 37.4. The molecule has 4 aromatic rings. The Morgan fingerprint density at radius 1 is 0.879 bits per heavy atom. The van der Waals surface area contributed by atoms with Gasteiger partial charge in [-0.15, -0.1) is 6.58 Å². The van der Waals surface area contributed by atoms with Gasteiger partial charge in [0, 0.05) is 62.4 Å². The Hall–Kier alpha value is -6.62. The maximum atomic E-state index is 14.3. The summed E-state index contributed by atoms with van der Waals surface area (Å²) in [7, 11) is 1.58. The van der Waals surface area contributed by atoms with Crippen LogP contribution < -0.4 is 14.2 Å². The summed E-state index contributed by atoms with van der Waals surface area (Å²) in [4.78, 5) is 43.5. The zero-order chi connectivity index (χ0) is 47.0. The number of aryl methyl sites for hydroxylation is 2. The number of nitrogens with zero attached hydrogens (tertiary/aromatic N) is 4. The van der Waals surface area contributed by atoms with Crippen molar-refractivity contribution in [2.24, 2.45) is 22.9 Å². The van der Waals surface area contributed by atoms with Crippen molar-refractivity contribution in [3.63, 3.8) is 0 Å². The van der Waals surface area contributed by atoms with Crippen LogP contribution in [-0.4, -0.2) is 75.5 Å². The number of carbonyl (C=O) groups excluding carboxylic acids is 1. The maximum absolute atomic E-state index is 14.3. The number of amides is 1. The largest absolute Gasteiger partial charge is 0.459 e. The summed E-state index contributed by atoms with van der Waals surface area (Å²) < 4.78 is 26.5. The van der Waals surface area contributed by atoms with Crippen LogP contribution in [0, 0.1) is 51.8 Å². The summed E-state index contributed by atoms with van der Waals surface area (Å²) in [5.41, 5.74) is 4.86. The van der Waals surface area contributed by atoms with Crippen LogP contribution in [0.4, 0.5) is 16.2 Å². The second kappa shape index (κ2) is 21.1. The third-order valence-electron chi connectivity index (χ3n) is 12.9. The molecule has 6 atom stereocenters. The predicted molar refractivity (Wildman–Crippen MR) is 246 cm³/mol. The molecule has 1 saturated carbocycles. The van der Waals surface area contributed by atoms with Crippen LogP contribution in [0.1, 0.15) is 73.1 Å². The number of allylic oxidation sites excluding steroid dienone is 1. The third-order valence-corrected chi connectivity index (χ3v) is 12.9. The number of non-ortho nitro benzene ring substituents is 2. The van der Waals surface area contributed by atoms with E-state index in [0.29, 0.717) is 41.4 Å². The normalized spacial score (nSPS) is 22.2. The third kappa shape index (κ3) is 10.3. The first-order valence-corrected chi connectivity index (χ1v) is 22.2. The van der Waals surface area contributed by atoms with Crippen molar-refractivity contribution in [2.45, 2.75) is 83.1 Å². The molecule has 7 rings (SSSR count). The van der Waals surface area contributed by atoms with Gasteiger partial charge in [0.2, 0.25) is 5.79 Å². The van der Waals surface area contributed by atoms with Crippen LogP contribution in [0.2, 0.25) is 0 Å².